The summed E-state index contributed by atoms with van der Waals surface area (Å²) in [5, 5.41) is 0. The number of nitrogens with one attached hydrogen (secondary N) is 3. The average molecular weight is 244 g/mol. The number of imidazole rings is 1. The molecule has 0 fully saturated rings. The third kappa shape index (κ3) is 1.56. The van der Waals surface area contributed by atoms with E-state index in [4.69, 9.17) is 5.73 Å². The van der Waals surface area contributed by atoms with Crippen LogP contribution < -0.4 is 17.0 Å². The monoisotopic (exact) mass is 244 g/mol. The van der Waals surface area contributed by atoms with Crippen LogP contribution in [0.4, 0.5) is 5.69 Å². The van der Waals surface area contributed by atoms with E-state index in [9.17, 15) is 9.59 Å². The van der Waals surface area contributed by atoms with E-state index < -0.39 is 11.2 Å². The van der Waals surface area contributed by atoms with Gasteiger partial charge in [-0.05, 0) is 12.1 Å². The first-order chi connectivity index (χ1) is 8.63. The molecule has 90 valence electrons. The van der Waals surface area contributed by atoms with E-state index in [-0.39, 0.29) is 11.2 Å². The Kier molecular flexibility index (Phi) is 2.03. The van der Waals surface area contributed by atoms with Crippen LogP contribution in [0.3, 0.4) is 0 Å². The standard InChI is InChI=1S/C10H8N6O2/c11-4-1-2-5(12-3-4)7-13-6-8(14-7)15-10(18)16-9(6)17/h1-3H,11H2,(H3,13,14,15,16,17,18). The summed E-state index contributed by atoms with van der Waals surface area (Å²) in [7, 11) is 0. The Balaban J connectivity index is 2.25. The van der Waals surface area contributed by atoms with Crippen LogP contribution in [0.1, 0.15) is 0 Å². The molecule has 0 spiro atoms. The lowest BCUT2D eigenvalue weighted by Crippen LogP contribution is -2.21. The Hall–Kier alpha value is -2.90. The average Bonchev–Trinajstić information content (AvgIpc) is 2.74. The molecule has 0 amide bonds. The van der Waals surface area contributed by atoms with E-state index >= 15 is 0 Å². The molecule has 3 aromatic heterocycles. The molecule has 5 N–H and O–H groups in total. The van der Waals surface area contributed by atoms with Crippen LogP contribution in [0.15, 0.2) is 27.9 Å². The Morgan fingerprint density at radius 3 is 2.67 bits per heavy atom. The fraction of sp³-hybridized carbons (Fsp3) is 0. The molecule has 3 rings (SSSR count). The second-order valence-corrected chi connectivity index (χ2v) is 3.69. The summed E-state index contributed by atoms with van der Waals surface area (Å²) in [5.41, 5.74) is 5.85. The molecule has 0 saturated carbocycles. The second-order valence-electron chi connectivity index (χ2n) is 3.69. The van der Waals surface area contributed by atoms with Gasteiger partial charge in [0.2, 0.25) is 0 Å². The molecule has 3 heterocycles. The fourth-order valence-corrected chi connectivity index (χ4v) is 1.60. The third-order valence-corrected chi connectivity index (χ3v) is 2.42. The number of rotatable bonds is 1. The molecule has 3 aromatic rings. The summed E-state index contributed by atoms with van der Waals surface area (Å²) in [6, 6.07) is 3.34. The lowest BCUT2D eigenvalue weighted by Gasteiger charge is -1.95. The zero-order valence-corrected chi connectivity index (χ0v) is 9.02. The van der Waals surface area contributed by atoms with Crippen LogP contribution in [0.25, 0.3) is 22.7 Å². The van der Waals surface area contributed by atoms with Crippen LogP contribution in [0, 0.1) is 0 Å². The zero-order chi connectivity index (χ0) is 12.7. The first-order valence-corrected chi connectivity index (χ1v) is 5.08. The highest BCUT2D eigenvalue weighted by Crippen LogP contribution is 2.15. The van der Waals surface area contributed by atoms with Gasteiger partial charge in [0, 0.05) is 0 Å². The number of hydrogen-bond acceptors (Lipinski definition) is 5. The van der Waals surface area contributed by atoms with Crippen molar-refractivity contribution in [3.05, 3.63) is 39.2 Å². The maximum absolute atomic E-state index is 11.5. The summed E-state index contributed by atoms with van der Waals surface area (Å²) >= 11 is 0. The number of nitrogens with two attached hydrogens (primary N) is 1. The van der Waals surface area contributed by atoms with Crippen molar-refractivity contribution in [2.24, 2.45) is 0 Å². The number of fused-ring (bicyclic) bond motifs is 1. The number of H-pyrrole nitrogens is 3. The first-order valence-electron chi connectivity index (χ1n) is 5.08. The molecule has 8 nitrogen and oxygen atoms in total. The van der Waals surface area contributed by atoms with E-state index in [1.165, 1.54) is 6.20 Å². The number of hydrogen-bond donors (Lipinski definition) is 4. The van der Waals surface area contributed by atoms with Gasteiger partial charge in [0.15, 0.2) is 11.5 Å². The summed E-state index contributed by atoms with van der Waals surface area (Å²) < 4.78 is 0. The van der Waals surface area contributed by atoms with Gasteiger partial charge in [0.05, 0.1) is 11.9 Å². The Morgan fingerprint density at radius 1 is 1.11 bits per heavy atom. The molecule has 0 radical (unpaired) electrons. The van der Waals surface area contributed by atoms with Gasteiger partial charge in [-0.1, -0.05) is 0 Å². The topological polar surface area (TPSA) is 133 Å². The molecular formula is C10H8N6O2. The van der Waals surface area contributed by atoms with Crippen molar-refractivity contribution in [3.8, 4) is 11.5 Å². The molecule has 0 saturated heterocycles. The third-order valence-electron chi connectivity index (χ3n) is 2.42. The normalized spacial score (nSPS) is 10.9. The van der Waals surface area contributed by atoms with Crippen molar-refractivity contribution in [3.63, 3.8) is 0 Å². The summed E-state index contributed by atoms with van der Waals surface area (Å²) in [5.74, 6) is 0.386. The Labute approximate surface area is 98.9 Å². The summed E-state index contributed by atoms with van der Waals surface area (Å²) in [6.07, 6.45) is 1.48. The van der Waals surface area contributed by atoms with Crippen molar-refractivity contribution in [1.82, 2.24) is 24.9 Å². The predicted octanol–water partition coefficient (Wildman–Crippen LogP) is -0.416. The molecule has 8 heteroatoms. The van der Waals surface area contributed by atoms with E-state index in [0.717, 1.165) is 0 Å². The molecule has 0 aliphatic carbocycles. The fourth-order valence-electron chi connectivity index (χ4n) is 1.60. The zero-order valence-electron chi connectivity index (χ0n) is 9.02. The lowest BCUT2D eigenvalue weighted by atomic mass is 10.3. The Morgan fingerprint density at radius 2 is 1.94 bits per heavy atom. The van der Waals surface area contributed by atoms with Crippen molar-refractivity contribution in [2.45, 2.75) is 0 Å². The molecule has 0 bridgehead atoms. The minimum Gasteiger partial charge on any atom is -0.397 e. The Bertz CT molecular complexity index is 826. The largest absolute Gasteiger partial charge is 0.397 e. The van der Waals surface area contributed by atoms with E-state index in [0.29, 0.717) is 17.2 Å². The molecule has 0 aliphatic rings. The van der Waals surface area contributed by atoms with Crippen LogP contribution in [0.2, 0.25) is 0 Å². The number of aromatic nitrogens is 5. The van der Waals surface area contributed by atoms with Crippen LogP contribution in [-0.2, 0) is 0 Å². The molecule has 0 aliphatic heterocycles. The molecule has 0 unspecified atom stereocenters. The van der Waals surface area contributed by atoms with Crippen LogP contribution in [-0.4, -0.2) is 24.9 Å². The maximum Gasteiger partial charge on any atom is 0.327 e. The summed E-state index contributed by atoms with van der Waals surface area (Å²) in [6.45, 7) is 0. The highest BCUT2D eigenvalue weighted by Gasteiger charge is 2.09. The van der Waals surface area contributed by atoms with Gasteiger partial charge in [0.25, 0.3) is 5.56 Å². The van der Waals surface area contributed by atoms with Gasteiger partial charge in [-0.2, -0.15) is 0 Å². The highest BCUT2D eigenvalue weighted by molar-refractivity contribution is 5.73. The second kappa shape index (κ2) is 3.55. The number of pyridine rings is 1. The van der Waals surface area contributed by atoms with Gasteiger partial charge < -0.3 is 10.7 Å². The molecule has 18 heavy (non-hydrogen) atoms. The maximum atomic E-state index is 11.5. The van der Waals surface area contributed by atoms with E-state index in [1.807, 2.05) is 0 Å². The minimum absolute atomic E-state index is 0.192. The number of anilines is 1. The van der Waals surface area contributed by atoms with Crippen molar-refractivity contribution in [1.29, 1.82) is 0 Å². The first kappa shape index (κ1) is 10.3. The lowest BCUT2D eigenvalue weighted by molar-refractivity contribution is 1.07. The quantitative estimate of drug-likeness (QED) is 0.461. The SMILES string of the molecule is Nc1ccc(-c2nc3[nH]c(=O)[nH]c(=O)c3[nH]2)nc1. The van der Waals surface area contributed by atoms with Gasteiger partial charge >= 0.3 is 5.69 Å². The van der Waals surface area contributed by atoms with Crippen molar-refractivity contribution in [2.75, 3.05) is 5.73 Å². The van der Waals surface area contributed by atoms with Gasteiger partial charge in [-0.15, -0.1) is 0 Å². The molecule has 0 atom stereocenters. The number of aromatic amines is 3. The number of nitrogen functional groups attached to an aromatic ring is 1. The van der Waals surface area contributed by atoms with Crippen molar-refractivity contribution < 1.29 is 0 Å². The van der Waals surface area contributed by atoms with Crippen LogP contribution >= 0.6 is 0 Å². The van der Waals surface area contributed by atoms with Gasteiger partial charge in [-0.3, -0.25) is 19.7 Å². The molecular weight excluding hydrogens is 236 g/mol. The van der Waals surface area contributed by atoms with E-state index in [2.05, 4.69) is 24.9 Å². The smallest absolute Gasteiger partial charge is 0.327 e. The molecule has 0 aromatic carbocycles. The van der Waals surface area contributed by atoms with Crippen LogP contribution in [0.5, 0.6) is 0 Å². The van der Waals surface area contributed by atoms with E-state index in [1.54, 1.807) is 12.1 Å². The summed E-state index contributed by atoms with van der Waals surface area (Å²) in [4.78, 5) is 38.1. The number of nitrogens with zero attached hydrogens (tertiary/aromatic N) is 2. The predicted molar refractivity (Wildman–Crippen MR) is 65.0 cm³/mol. The van der Waals surface area contributed by atoms with Gasteiger partial charge in [-0.25, -0.2) is 9.78 Å². The van der Waals surface area contributed by atoms with Crippen molar-refractivity contribution >= 4 is 16.9 Å². The van der Waals surface area contributed by atoms with Gasteiger partial charge in [0.1, 0.15) is 11.2 Å². The highest BCUT2D eigenvalue weighted by atomic mass is 16.2. The minimum atomic E-state index is -0.601.